The van der Waals surface area contributed by atoms with E-state index in [4.69, 9.17) is 0 Å². The van der Waals surface area contributed by atoms with E-state index in [1.165, 1.54) is 4.57 Å². The van der Waals surface area contributed by atoms with Crippen molar-refractivity contribution in [2.75, 3.05) is 0 Å². The predicted octanol–water partition coefficient (Wildman–Crippen LogP) is 0.753. The maximum Gasteiger partial charge on any atom is 0.336 e. The Balaban J connectivity index is 2.33. The summed E-state index contributed by atoms with van der Waals surface area (Å²) in [6, 6.07) is 9.76. The van der Waals surface area contributed by atoms with Gasteiger partial charge in [0.15, 0.2) is 6.33 Å². The van der Waals surface area contributed by atoms with Crippen molar-refractivity contribution >= 4 is 11.2 Å². The van der Waals surface area contributed by atoms with Crippen LogP contribution in [0.1, 0.15) is 0 Å². The fraction of sp³-hybridized carbons (Fsp3) is 0.154. The van der Waals surface area contributed by atoms with Crippen molar-refractivity contribution in [2.24, 2.45) is 14.1 Å². The van der Waals surface area contributed by atoms with Crippen LogP contribution in [0.25, 0.3) is 22.6 Å². The molecular weight excluding hydrogens is 228 g/mol. The molecule has 18 heavy (non-hydrogen) atoms. The number of benzene rings is 1. The zero-order chi connectivity index (χ0) is 12.7. The molecule has 90 valence electrons. The summed E-state index contributed by atoms with van der Waals surface area (Å²) in [5.74, 6) is 0.713. The van der Waals surface area contributed by atoms with Gasteiger partial charge in [-0.3, -0.25) is 0 Å². The SMILES string of the molecule is Cn1c[n+](C)c2nc(-c3ccccc3)[nH]c2c1=O. The minimum atomic E-state index is -0.0715. The van der Waals surface area contributed by atoms with Crippen molar-refractivity contribution < 1.29 is 4.57 Å². The lowest BCUT2D eigenvalue weighted by Crippen LogP contribution is -2.36. The lowest BCUT2D eigenvalue weighted by atomic mass is 10.2. The van der Waals surface area contributed by atoms with E-state index in [-0.39, 0.29) is 5.56 Å². The van der Waals surface area contributed by atoms with Crippen LogP contribution in [0.2, 0.25) is 0 Å². The van der Waals surface area contributed by atoms with E-state index < -0.39 is 0 Å². The van der Waals surface area contributed by atoms with Gasteiger partial charge in [-0.15, -0.1) is 0 Å². The van der Waals surface area contributed by atoms with Crippen LogP contribution in [0.15, 0.2) is 41.5 Å². The van der Waals surface area contributed by atoms with Crippen molar-refractivity contribution in [2.45, 2.75) is 0 Å². The molecular formula is C13H13N4O+. The molecule has 3 aromatic rings. The highest BCUT2D eigenvalue weighted by Gasteiger charge is 2.17. The van der Waals surface area contributed by atoms with Gasteiger partial charge < -0.3 is 4.98 Å². The van der Waals surface area contributed by atoms with E-state index >= 15 is 0 Å². The summed E-state index contributed by atoms with van der Waals surface area (Å²) >= 11 is 0. The molecule has 0 saturated carbocycles. The molecule has 3 rings (SSSR count). The highest BCUT2D eigenvalue weighted by Crippen LogP contribution is 2.16. The van der Waals surface area contributed by atoms with Crippen LogP contribution in [-0.2, 0) is 14.1 Å². The molecule has 0 amide bonds. The largest absolute Gasteiger partial charge is 0.336 e. The Bertz CT molecular complexity index is 771. The summed E-state index contributed by atoms with van der Waals surface area (Å²) in [5.41, 5.74) is 2.09. The topological polar surface area (TPSA) is 54.6 Å². The van der Waals surface area contributed by atoms with Gasteiger partial charge in [0.25, 0.3) is 5.65 Å². The van der Waals surface area contributed by atoms with Gasteiger partial charge >= 0.3 is 5.56 Å². The van der Waals surface area contributed by atoms with Crippen LogP contribution in [0.4, 0.5) is 0 Å². The molecule has 2 aromatic heterocycles. The van der Waals surface area contributed by atoms with E-state index in [0.717, 1.165) is 5.56 Å². The summed E-state index contributed by atoms with van der Waals surface area (Å²) in [6.07, 6.45) is 1.72. The molecule has 1 N–H and O–H groups in total. The zero-order valence-corrected chi connectivity index (χ0v) is 10.2. The van der Waals surface area contributed by atoms with Crippen LogP contribution < -0.4 is 10.1 Å². The van der Waals surface area contributed by atoms with Crippen molar-refractivity contribution in [1.29, 1.82) is 0 Å². The summed E-state index contributed by atoms with van der Waals surface area (Å²) in [7, 11) is 3.60. The number of nitrogens with one attached hydrogen (secondary N) is 1. The van der Waals surface area contributed by atoms with Gasteiger partial charge in [0.05, 0.1) is 14.1 Å². The number of rotatable bonds is 1. The van der Waals surface area contributed by atoms with Gasteiger partial charge in [0, 0.05) is 5.56 Å². The number of imidazole rings is 1. The first-order valence-electron chi connectivity index (χ1n) is 5.67. The van der Waals surface area contributed by atoms with Crippen LogP contribution in [0.5, 0.6) is 0 Å². The third-order valence-corrected chi connectivity index (χ3v) is 2.95. The fourth-order valence-corrected chi connectivity index (χ4v) is 2.04. The predicted molar refractivity (Wildman–Crippen MR) is 67.9 cm³/mol. The minimum Gasteiger partial charge on any atom is -0.314 e. The van der Waals surface area contributed by atoms with Gasteiger partial charge in [0.1, 0.15) is 0 Å². The third-order valence-electron chi connectivity index (χ3n) is 2.95. The maximum absolute atomic E-state index is 12.0. The smallest absolute Gasteiger partial charge is 0.314 e. The lowest BCUT2D eigenvalue weighted by Gasteiger charge is -1.94. The Labute approximate surface area is 103 Å². The third kappa shape index (κ3) is 1.52. The van der Waals surface area contributed by atoms with Gasteiger partial charge in [-0.25, -0.2) is 13.9 Å². The fourth-order valence-electron chi connectivity index (χ4n) is 2.04. The molecule has 5 heteroatoms. The van der Waals surface area contributed by atoms with E-state index in [1.807, 2.05) is 41.9 Å². The van der Waals surface area contributed by atoms with Crippen LogP contribution in [0, 0.1) is 0 Å². The van der Waals surface area contributed by atoms with Crippen LogP contribution in [0.3, 0.4) is 0 Å². The van der Waals surface area contributed by atoms with E-state index in [9.17, 15) is 4.79 Å². The first kappa shape index (κ1) is 10.7. The number of hydrogen-bond acceptors (Lipinski definition) is 2. The monoisotopic (exact) mass is 241 g/mol. The number of aryl methyl sites for hydroxylation is 2. The van der Waals surface area contributed by atoms with Crippen molar-refractivity contribution in [3.05, 3.63) is 47.0 Å². The normalized spacial score (nSPS) is 11.0. The average Bonchev–Trinajstić information content (AvgIpc) is 2.83. The Morgan fingerprint density at radius 3 is 2.72 bits per heavy atom. The number of H-pyrrole nitrogens is 1. The lowest BCUT2D eigenvalue weighted by molar-refractivity contribution is -0.651. The molecule has 0 aliphatic carbocycles. The van der Waals surface area contributed by atoms with E-state index in [1.54, 1.807) is 13.4 Å². The highest BCUT2D eigenvalue weighted by molar-refractivity contribution is 5.72. The van der Waals surface area contributed by atoms with E-state index in [0.29, 0.717) is 17.0 Å². The molecule has 1 aromatic carbocycles. The molecule has 5 nitrogen and oxygen atoms in total. The first-order chi connectivity index (χ1) is 8.66. The number of hydrogen-bond donors (Lipinski definition) is 1. The Morgan fingerprint density at radius 1 is 1.28 bits per heavy atom. The quantitative estimate of drug-likeness (QED) is 0.639. The molecule has 0 bridgehead atoms. The number of nitrogens with zero attached hydrogens (tertiary/aromatic N) is 3. The number of aromatic nitrogens is 4. The molecule has 0 fully saturated rings. The Hall–Kier alpha value is -2.43. The first-order valence-corrected chi connectivity index (χ1v) is 5.67. The summed E-state index contributed by atoms with van der Waals surface area (Å²) in [5, 5.41) is 0. The number of fused-ring (bicyclic) bond motifs is 1. The average molecular weight is 241 g/mol. The second kappa shape index (κ2) is 3.80. The molecule has 0 atom stereocenters. The zero-order valence-electron chi connectivity index (χ0n) is 10.2. The molecule has 2 heterocycles. The molecule has 0 unspecified atom stereocenters. The second-order valence-corrected chi connectivity index (χ2v) is 4.29. The molecule has 0 radical (unpaired) electrons. The van der Waals surface area contributed by atoms with Crippen molar-refractivity contribution in [3.8, 4) is 11.4 Å². The van der Waals surface area contributed by atoms with Crippen molar-refractivity contribution in [1.82, 2.24) is 14.5 Å². The van der Waals surface area contributed by atoms with Gasteiger partial charge in [-0.05, 0) is 12.1 Å². The van der Waals surface area contributed by atoms with Gasteiger partial charge in [-0.1, -0.05) is 23.2 Å². The van der Waals surface area contributed by atoms with Crippen LogP contribution in [-0.4, -0.2) is 14.5 Å². The second-order valence-electron chi connectivity index (χ2n) is 4.29. The molecule has 0 aliphatic rings. The van der Waals surface area contributed by atoms with Crippen LogP contribution >= 0.6 is 0 Å². The standard InChI is InChI=1S/C13H12N4O/c1-16-8-17(2)13(18)10-12(16)15-11(14-10)9-6-4-3-5-7-9/h3-8H,1-2H3/p+1. The maximum atomic E-state index is 12.0. The molecule has 0 spiro atoms. The molecule has 0 aliphatic heterocycles. The Kier molecular flexibility index (Phi) is 2.26. The Morgan fingerprint density at radius 2 is 2.00 bits per heavy atom. The van der Waals surface area contributed by atoms with E-state index in [2.05, 4.69) is 9.97 Å². The summed E-state index contributed by atoms with van der Waals surface area (Å²) < 4.78 is 3.37. The number of aromatic amines is 1. The van der Waals surface area contributed by atoms with Gasteiger partial charge in [-0.2, -0.15) is 0 Å². The summed E-state index contributed by atoms with van der Waals surface area (Å²) in [4.78, 5) is 19.6. The summed E-state index contributed by atoms with van der Waals surface area (Å²) in [6.45, 7) is 0. The highest BCUT2D eigenvalue weighted by atomic mass is 16.1. The molecule has 0 saturated heterocycles. The van der Waals surface area contributed by atoms with Gasteiger partial charge in [0.2, 0.25) is 11.3 Å². The van der Waals surface area contributed by atoms with Crippen molar-refractivity contribution in [3.63, 3.8) is 0 Å². The minimum absolute atomic E-state index is 0.0715.